The highest BCUT2D eigenvalue weighted by atomic mass is 32.2. The zero-order chi connectivity index (χ0) is 13.6. The molecule has 0 aliphatic rings. The van der Waals surface area contributed by atoms with Gasteiger partial charge in [-0.25, -0.2) is 0 Å². The maximum Gasteiger partial charge on any atom is 0.304 e. The van der Waals surface area contributed by atoms with E-state index in [1.54, 1.807) is 0 Å². The minimum Gasteiger partial charge on any atom is -0.268 e. The molecule has 0 aromatic carbocycles. The van der Waals surface area contributed by atoms with Crippen LogP contribution >= 0.6 is 0 Å². The molecule has 0 saturated heterocycles. The van der Waals surface area contributed by atoms with E-state index in [2.05, 4.69) is 6.92 Å². The van der Waals surface area contributed by atoms with Crippen molar-refractivity contribution in [3.63, 3.8) is 0 Å². The summed E-state index contributed by atoms with van der Waals surface area (Å²) < 4.78 is 21.2. The van der Waals surface area contributed by atoms with Crippen LogP contribution in [0.4, 0.5) is 0 Å². The van der Waals surface area contributed by atoms with Gasteiger partial charge in [-0.1, -0.05) is 58.3 Å². The Morgan fingerprint density at radius 2 is 1.39 bits per heavy atom. The van der Waals surface area contributed by atoms with E-state index in [4.69, 9.17) is 8.37 Å². The van der Waals surface area contributed by atoms with Gasteiger partial charge in [-0.05, 0) is 20.3 Å². The number of hydrogen-bond acceptors (Lipinski definition) is 3. The molecule has 0 saturated carbocycles. The van der Waals surface area contributed by atoms with Crippen molar-refractivity contribution in [2.75, 3.05) is 6.61 Å². The predicted octanol–water partition coefficient (Wildman–Crippen LogP) is 4.54. The minimum absolute atomic E-state index is 0.0473. The van der Waals surface area contributed by atoms with Crippen LogP contribution in [0.15, 0.2) is 0 Å². The van der Waals surface area contributed by atoms with Crippen LogP contribution in [-0.2, 0) is 19.7 Å². The van der Waals surface area contributed by atoms with Crippen LogP contribution < -0.4 is 0 Å². The van der Waals surface area contributed by atoms with Gasteiger partial charge in [0.05, 0.1) is 12.7 Å². The van der Waals surface area contributed by atoms with Crippen molar-refractivity contribution in [2.24, 2.45) is 0 Å². The Hall–Kier alpha value is 0.0700. The Morgan fingerprint density at radius 3 is 1.89 bits per heavy atom. The van der Waals surface area contributed by atoms with Crippen molar-refractivity contribution < 1.29 is 12.6 Å². The fourth-order valence-electron chi connectivity index (χ4n) is 1.72. The van der Waals surface area contributed by atoms with E-state index >= 15 is 0 Å². The molecule has 0 spiro atoms. The Balaban J connectivity index is 3.09. The molecule has 0 bridgehead atoms. The van der Waals surface area contributed by atoms with E-state index in [1.807, 2.05) is 13.8 Å². The lowest BCUT2D eigenvalue weighted by atomic mass is 10.1. The monoisotopic (exact) mass is 278 g/mol. The van der Waals surface area contributed by atoms with E-state index in [-0.39, 0.29) is 6.10 Å². The molecule has 3 nitrogen and oxygen atoms in total. The zero-order valence-electron chi connectivity index (χ0n) is 12.3. The summed E-state index contributed by atoms with van der Waals surface area (Å²) in [6.07, 6.45) is 11.4. The molecule has 0 aromatic rings. The van der Waals surface area contributed by atoms with Gasteiger partial charge in [-0.3, -0.25) is 8.37 Å². The van der Waals surface area contributed by atoms with Gasteiger partial charge in [0.2, 0.25) is 0 Å². The molecule has 110 valence electrons. The molecule has 0 N–H and O–H groups in total. The summed E-state index contributed by atoms with van der Waals surface area (Å²) in [5.41, 5.74) is 0. The van der Waals surface area contributed by atoms with Crippen molar-refractivity contribution >= 4 is 11.4 Å². The molecule has 1 unspecified atom stereocenters. The summed E-state index contributed by atoms with van der Waals surface area (Å²) in [6, 6.07) is 0. The molecular weight excluding hydrogens is 248 g/mol. The smallest absolute Gasteiger partial charge is 0.268 e. The summed E-state index contributed by atoms with van der Waals surface area (Å²) in [5, 5.41) is 0. The average molecular weight is 278 g/mol. The van der Waals surface area contributed by atoms with E-state index in [0.717, 1.165) is 12.8 Å². The van der Waals surface area contributed by atoms with Gasteiger partial charge in [0.25, 0.3) is 0 Å². The molecule has 4 heteroatoms. The highest BCUT2D eigenvalue weighted by Crippen LogP contribution is 2.09. The summed E-state index contributed by atoms with van der Waals surface area (Å²) in [7, 11) is 0. The van der Waals surface area contributed by atoms with Crippen LogP contribution in [0.3, 0.4) is 0 Å². The Morgan fingerprint density at radius 1 is 0.889 bits per heavy atom. The molecule has 0 aromatic heterocycles. The second kappa shape index (κ2) is 13.5. The van der Waals surface area contributed by atoms with E-state index in [9.17, 15) is 4.21 Å². The molecule has 0 rings (SSSR count). The molecule has 0 amide bonds. The first-order chi connectivity index (χ1) is 8.66. The summed E-state index contributed by atoms with van der Waals surface area (Å²) in [4.78, 5) is 0. The summed E-state index contributed by atoms with van der Waals surface area (Å²) in [5.74, 6) is 0. The van der Waals surface area contributed by atoms with Crippen molar-refractivity contribution in [3.05, 3.63) is 0 Å². The highest BCUT2D eigenvalue weighted by molar-refractivity contribution is 7.75. The number of unbranched alkanes of at least 4 members (excludes halogenated alkanes) is 8. The third-order valence-corrected chi connectivity index (χ3v) is 3.60. The lowest BCUT2D eigenvalue weighted by Gasteiger charge is -2.06. The molecule has 0 radical (unpaired) electrons. The second-order valence-electron chi connectivity index (χ2n) is 5.00. The van der Waals surface area contributed by atoms with Crippen LogP contribution in [0, 0.1) is 0 Å². The maximum absolute atomic E-state index is 11.2. The standard InChI is InChI=1S/C14H30O3S/c1-4-5-6-7-8-9-10-11-12-13-16-18(15)17-14(2)3/h14H,4-13H2,1-3H3. The normalized spacial score (nSPS) is 13.1. The summed E-state index contributed by atoms with van der Waals surface area (Å²) in [6.45, 7) is 6.47. The first kappa shape index (κ1) is 18.1. The molecule has 0 aliphatic carbocycles. The number of rotatable bonds is 13. The molecule has 0 fully saturated rings. The van der Waals surface area contributed by atoms with Gasteiger partial charge >= 0.3 is 11.4 Å². The lowest BCUT2D eigenvalue weighted by molar-refractivity contribution is 0.205. The van der Waals surface area contributed by atoms with Gasteiger partial charge in [0.15, 0.2) is 0 Å². The topological polar surface area (TPSA) is 35.5 Å². The first-order valence-corrected chi connectivity index (χ1v) is 8.39. The zero-order valence-corrected chi connectivity index (χ0v) is 13.1. The van der Waals surface area contributed by atoms with Crippen molar-refractivity contribution in [2.45, 2.75) is 84.7 Å². The Labute approximate surface area is 116 Å². The van der Waals surface area contributed by atoms with Crippen LogP contribution in [0.2, 0.25) is 0 Å². The first-order valence-electron chi connectivity index (χ1n) is 7.39. The molecule has 0 aliphatic heterocycles. The quantitative estimate of drug-likeness (QED) is 0.464. The second-order valence-corrected chi connectivity index (χ2v) is 5.84. The SMILES string of the molecule is CCCCCCCCCCCOS(=O)OC(C)C. The van der Waals surface area contributed by atoms with Crippen LogP contribution in [0.1, 0.15) is 78.6 Å². The molecule has 1 atom stereocenters. The van der Waals surface area contributed by atoms with Gasteiger partial charge in [0, 0.05) is 0 Å². The highest BCUT2D eigenvalue weighted by Gasteiger charge is 2.03. The fourth-order valence-corrected chi connectivity index (χ4v) is 2.35. The van der Waals surface area contributed by atoms with Gasteiger partial charge in [0.1, 0.15) is 0 Å². The summed E-state index contributed by atoms with van der Waals surface area (Å²) >= 11 is -1.56. The van der Waals surface area contributed by atoms with Crippen molar-refractivity contribution in [1.29, 1.82) is 0 Å². The third kappa shape index (κ3) is 14.1. The Kier molecular flexibility index (Phi) is 13.6. The number of hydrogen-bond donors (Lipinski definition) is 0. The van der Waals surface area contributed by atoms with Crippen LogP contribution in [0.5, 0.6) is 0 Å². The van der Waals surface area contributed by atoms with E-state index < -0.39 is 11.4 Å². The van der Waals surface area contributed by atoms with Crippen molar-refractivity contribution in [3.8, 4) is 0 Å². The van der Waals surface area contributed by atoms with E-state index in [1.165, 1.54) is 44.9 Å². The molecule has 0 heterocycles. The van der Waals surface area contributed by atoms with Crippen LogP contribution in [-0.4, -0.2) is 16.9 Å². The largest absolute Gasteiger partial charge is 0.304 e. The minimum atomic E-state index is -1.56. The van der Waals surface area contributed by atoms with Crippen LogP contribution in [0.25, 0.3) is 0 Å². The van der Waals surface area contributed by atoms with Gasteiger partial charge in [-0.15, -0.1) is 0 Å². The fraction of sp³-hybridized carbons (Fsp3) is 1.00. The van der Waals surface area contributed by atoms with Gasteiger partial charge < -0.3 is 0 Å². The Bertz CT molecular complexity index is 195. The maximum atomic E-state index is 11.2. The third-order valence-electron chi connectivity index (χ3n) is 2.70. The molecule has 18 heavy (non-hydrogen) atoms. The van der Waals surface area contributed by atoms with Crippen molar-refractivity contribution in [1.82, 2.24) is 0 Å². The van der Waals surface area contributed by atoms with E-state index in [0.29, 0.717) is 6.61 Å². The lowest BCUT2D eigenvalue weighted by Crippen LogP contribution is -2.09. The predicted molar refractivity (Wildman–Crippen MR) is 77.5 cm³/mol. The van der Waals surface area contributed by atoms with Gasteiger partial charge in [-0.2, -0.15) is 4.21 Å². The average Bonchev–Trinajstić information content (AvgIpc) is 2.30. The molecular formula is C14H30O3S.